The van der Waals surface area contributed by atoms with Crippen LogP contribution in [0.3, 0.4) is 0 Å². The normalized spacial score (nSPS) is 11.1. The summed E-state index contributed by atoms with van der Waals surface area (Å²) in [5, 5.41) is 2.12. The molecule has 181 valence electrons. The van der Waals surface area contributed by atoms with Gasteiger partial charge in [-0.25, -0.2) is 35.9 Å². The third-order valence-electron chi connectivity index (χ3n) is 3.83. The maximum atomic E-state index is 12.9. The van der Waals surface area contributed by atoms with Crippen molar-refractivity contribution in [2.75, 3.05) is 32.9 Å². The van der Waals surface area contributed by atoms with Crippen molar-refractivity contribution in [3.8, 4) is 11.8 Å². The van der Waals surface area contributed by atoms with Gasteiger partial charge in [-0.2, -0.15) is 9.97 Å². The van der Waals surface area contributed by atoms with E-state index < -0.39 is 36.9 Å². The molecule has 1 aromatic carbocycles. The van der Waals surface area contributed by atoms with E-state index >= 15 is 0 Å². The molecule has 1 aromatic heterocycles. The number of urea groups is 1. The quantitative estimate of drug-likeness (QED) is 0.281. The average Bonchev–Trinajstić information content (AvgIpc) is 2.75. The first-order chi connectivity index (χ1) is 15.4. The number of sulfonamides is 2. The van der Waals surface area contributed by atoms with Crippen molar-refractivity contribution in [3.63, 3.8) is 0 Å². The second-order valence-electron chi connectivity index (χ2n) is 6.25. The zero-order valence-corrected chi connectivity index (χ0v) is 22.5. The summed E-state index contributed by atoms with van der Waals surface area (Å²) in [5.74, 6) is -1.23. The standard InChI is InChI=1S/C17H21N5O9S2.Na/c1-29-13-8-14(30-2)20-16(19-13)21-17(24)22-33(27,28)12-7-10(9-18-32(4,25)26)5-6-11(12)15(23)31-3;/h5-8,18H,9H2,1-4H3,(H2,19,20,21,22,24);. The van der Waals surface area contributed by atoms with Gasteiger partial charge in [0.25, 0.3) is 10.0 Å². The molecule has 2 amide bonds. The maximum Gasteiger partial charge on any atom is 0.339 e. The molecule has 0 spiro atoms. The minimum atomic E-state index is -4.63. The number of nitrogens with one attached hydrogen (secondary N) is 3. The topological polar surface area (TPSA) is 192 Å². The summed E-state index contributed by atoms with van der Waals surface area (Å²) in [7, 11) is -4.53. The maximum absolute atomic E-state index is 12.9. The molecular weight excluding hydrogens is 505 g/mol. The third-order valence-corrected chi connectivity index (χ3v) is 5.87. The second-order valence-corrected chi connectivity index (χ2v) is 9.74. The van der Waals surface area contributed by atoms with Crippen molar-refractivity contribution in [2.45, 2.75) is 11.4 Å². The Morgan fingerprint density at radius 1 is 0.971 bits per heavy atom. The molecule has 2 rings (SSSR count). The number of nitrogens with zero attached hydrogens (tertiary/aromatic N) is 2. The summed E-state index contributed by atoms with van der Waals surface area (Å²) in [6.45, 7) is -0.257. The number of rotatable bonds is 9. The van der Waals surface area contributed by atoms with Crippen LogP contribution in [0.4, 0.5) is 10.7 Å². The molecule has 0 unspecified atom stereocenters. The molecule has 0 atom stereocenters. The number of benzene rings is 1. The van der Waals surface area contributed by atoms with Gasteiger partial charge in [0.05, 0.1) is 39.2 Å². The molecule has 17 heteroatoms. The molecule has 34 heavy (non-hydrogen) atoms. The van der Waals surface area contributed by atoms with E-state index in [1.165, 1.54) is 26.4 Å². The number of amides is 2. The predicted octanol–water partition coefficient (Wildman–Crippen LogP) is -0.541. The molecule has 0 aliphatic rings. The van der Waals surface area contributed by atoms with Crippen LogP contribution in [0.25, 0.3) is 0 Å². The number of aromatic nitrogens is 2. The first-order valence-corrected chi connectivity index (χ1v) is 12.2. The Hall–Kier alpha value is -2.50. The van der Waals surface area contributed by atoms with Gasteiger partial charge in [-0.05, 0) is 17.7 Å². The van der Waals surface area contributed by atoms with Gasteiger partial charge in [0, 0.05) is 36.1 Å². The molecule has 0 saturated heterocycles. The number of hydrogen-bond donors (Lipinski definition) is 3. The van der Waals surface area contributed by atoms with Crippen molar-refractivity contribution in [3.05, 3.63) is 35.4 Å². The summed E-state index contributed by atoms with van der Waals surface area (Å²) >= 11 is 0. The molecular formula is C17H21N5NaO9S2. The van der Waals surface area contributed by atoms with Crippen molar-refractivity contribution in [1.29, 1.82) is 0 Å². The van der Waals surface area contributed by atoms with E-state index in [1.54, 1.807) is 4.72 Å². The molecule has 14 nitrogen and oxygen atoms in total. The van der Waals surface area contributed by atoms with Crippen LogP contribution in [0, 0.1) is 0 Å². The van der Waals surface area contributed by atoms with Crippen LogP contribution in [-0.4, -0.2) is 95.9 Å². The minimum Gasteiger partial charge on any atom is -0.481 e. The Balaban J connectivity index is 0.00000578. The molecule has 0 bridgehead atoms. The molecule has 2 aromatic rings. The monoisotopic (exact) mass is 526 g/mol. The van der Waals surface area contributed by atoms with Gasteiger partial charge in [-0.15, -0.1) is 0 Å². The fourth-order valence-electron chi connectivity index (χ4n) is 2.37. The molecule has 1 heterocycles. The summed E-state index contributed by atoms with van der Waals surface area (Å²) in [6.07, 6.45) is 0.926. The number of anilines is 1. The van der Waals surface area contributed by atoms with Gasteiger partial charge in [-0.1, -0.05) is 6.07 Å². The first kappa shape index (κ1) is 29.5. The zero-order chi connectivity index (χ0) is 24.8. The average molecular weight is 527 g/mol. The third kappa shape index (κ3) is 8.37. The van der Waals surface area contributed by atoms with Crippen molar-refractivity contribution >= 4 is 67.6 Å². The number of carbonyl (C=O) groups is 2. The summed E-state index contributed by atoms with van der Waals surface area (Å²) in [4.78, 5) is 31.5. The van der Waals surface area contributed by atoms with Crippen LogP contribution in [-0.2, 0) is 31.3 Å². The smallest absolute Gasteiger partial charge is 0.339 e. The van der Waals surface area contributed by atoms with Crippen LogP contribution in [0.1, 0.15) is 15.9 Å². The summed E-state index contributed by atoms with van der Waals surface area (Å²) in [5.41, 5.74) is -0.171. The predicted molar refractivity (Wildman–Crippen MR) is 120 cm³/mol. The number of hydrogen-bond acceptors (Lipinski definition) is 11. The van der Waals surface area contributed by atoms with Gasteiger partial charge < -0.3 is 14.2 Å². The van der Waals surface area contributed by atoms with Crippen molar-refractivity contribution in [1.82, 2.24) is 19.4 Å². The van der Waals surface area contributed by atoms with E-state index in [0.29, 0.717) is 0 Å². The fraction of sp³-hybridized carbons (Fsp3) is 0.294. The number of carbonyl (C=O) groups excluding carboxylic acids is 2. The van der Waals surface area contributed by atoms with Gasteiger partial charge in [0.15, 0.2) is 0 Å². The van der Waals surface area contributed by atoms with E-state index in [2.05, 4.69) is 24.7 Å². The molecule has 3 N–H and O–H groups in total. The van der Waals surface area contributed by atoms with E-state index in [0.717, 1.165) is 25.5 Å². The second kappa shape index (κ2) is 12.3. The Morgan fingerprint density at radius 2 is 1.56 bits per heavy atom. The van der Waals surface area contributed by atoms with Gasteiger partial charge >= 0.3 is 12.0 Å². The van der Waals surface area contributed by atoms with Crippen LogP contribution in [0.15, 0.2) is 29.2 Å². The van der Waals surface area contributed by atoms with E-state index in [9.17, 15) is 26.4 Å². The van der Waals surface area contributed by atoms with Crippen LogP contribution < -0.4 is 24.2 Å². The Labute approximate surface area is 218 Å². The SMILES string of the molecule is COC(=O)c1ccc(CNS(C)(=O)=O)cc1S(=O)(=O)NC(=O)Nc1nc(OC)cc(OC)n1.[Na]. The molecule has 0 aliphatic carbocycles. The molecule has 0 fully saturated rings. The van der Waals surface area contributed by atoms with E-state index in [-0.39, 0.29) is 64.9 Å². The molecule has 0 aliphatic heterocycles. The Kier molecular flexibility index (Phi) is 10.7. The van der Waals surface area contributed by atoms with Crippen molar-refractivity contribution in [2.24, 2.45) is 0 Å². The van der Waals surface area contributed by atoms with Crippen molar-refractivity contribution < 1.29 is 40.6 Å². The molecule has 1 radical (unpaired) electrons. The van der Waals surface area contributed by atoms with Gasteiger partial charge in [0.2, 0.25) is 27.7 Å². The largest absolute Gasteiger partial charge is 0.481 e. The summed E-state index contributed by atoms with van der Waals surface area (Å²) in [6, 6.07) is 3.58. The molecule has 0 saturated carbocycles. The zero-order valence-electron chi connectivity index (χ0n) is 18.9. The fourth-order valence-corrected chi connectivity index (χ4v) is 3.95. The van der Waals surface area contributed by atoms with Crippen LogP contribution in [0.2, 0.25) is 0 Å². The Morgan fingerprint density at radius 3 is 2.06 bits per heavy atom. The van der Waals surface area contributed by atoms with Gasteiger partial charge in [0.1, 0.15) is 4.90 Å². The number of ether oxygens (including phenoxy) is 3. The van der Waals surface area contributed by atoms with Crippen LogP contribution >= 0.6 is 0 Å². The number of esters is 1. The number of methoxy groups -OCH3 is 3. The van der Waals surface area contributed by atoms with Gasteiger partial charge in [-0.3, -0.25) is 5.32 Å². The van der Waals surface area contributed by atoms with E-state index in [1.807, 2.05) is 0 Å². The minimum absolute atomic E-state index is 0. The Bertz CT molecular complexity index is 1250. The van der Waals surface area contributed by atoms with E-state index in [4.69, 9.17) is 9.47 Å². The first-order valence-electron chi connectivity index (χ1n) is 8.85. The summed E-state index contributed by atoms with van der Waals surface area (Å²) < 4.78 is 66.8. The van der Waals surface area contributed by atoms with Crippen LogP contribution in [0.5, 0.6) is 11.8 Å².